The van der Waals surface area contributed by atoms with E-state index >= 15 is 0 Å². The normalized spacial score (nSPS) is 11.5. The van der Waals surface area contributed by atoms with Gasteiger partial charge in [-0.2, -0.15) is 0 Å². The molecule has 0 radical (unpaired) electrons. The fourth-order valence-corrected chi connectivity index (χ4v) is 3.59. The zero-order valence-corrected chi connectivity index (χ0v) is 17.7. The molecule has 3 rings (SSSR count). The van der Waals surface area contributed by atoms with E-state index in [1.807, 2.05) is 32.9 Å². The van der Waals surface area contributed by atoms with Gasteiger partial charge in [0.05, 0.1) is 5.56 Å². The van der Waals surface area contributed by atoms with Crippen molar-refractivity contribution < 1.29 is 4.42 Å². The molecular formula is C22H27ClN2O3. The van der Waals surface area contributed by atoms with Crippen molar-refractivity contribution >= 4 is 22.6 Å². The van der Waals surface area contributed by atoms with E-state index in [4.69, 9.17) is 16.0 Å². The van der Waals surface area contributed by atoms with E-state index in [0.717, 1.165) is 42.2 Å². The molecule has 0 spiro atoms. The lowest BCUT2D eigenvalue weighted by Gasteiger charge is -2.11. The summed E-state index contributed by atoms with van der Waals surface area (Å²) in [5, 5.41) is 1.59. The standard InChI is InChI=1S/C22H27ClN2O3/c1-5-7-9-24-13-17(21(26)25(22(24)27)10-8-6-2)19-12-16-15(4)20(23)14(3)11-18(16)28-19/h11-13H,5-10H2,1-4H3. The van der Waals surface area contributed by atoms with Gasteiger partial charge in [0.2, 0.25) is 0 Å². The highest BCUT2D eigenvalue weighted by Crippen LogP contribution is 2.33. The van der Waals surface area contributed by atoms with Crippen LogP contribution in [0.2, 0.25) is 5.02 Å². The third-order valence-electron chi connectivity index (χ3n) is 5.18. The largest absolute Gasteiger partial charge is 0.456 e. The van der Waals surface area contributed by atoms with Crippen molar-refractivity contribution in [3.05, 3.63) is 55.3 Å². The van der Waals surface area contributed by atoms with Gasteiger partial charge in [-0.15, -0.1) is 0 Å². The third-order valence-corrected chi connectivity index (χ3v) is 5.76. The lowest BCUT2D eigenvalue weighted by Crippen LogP contribution is -2.40. The number of benzene rings is 1. The summed E-state index contributed by atoms with van der Waals surface area (Å²) in [6.45, 7) is 8.99. The molecule has 28 heavy (non-hydrogen) atoms. The quantitative estimate of drug-likeness (QED) is 0.539. The lowest BCUT2D eigenvalue weighted by molar-refractivity contribution is 0.515. The number of aryl methyl sites for hydroxylation is 3. The minimum absolute atomic E-state index is 0.248. The van der Waals surface area contributed by atoms with Gasteiger partial charge < -0.3 is 4.42 Å². The van der Waals surface area contributed by atoms with Crippen LogP contribution in [0.25, 0.3) is 22.3 Å². The van der Waals surface area contributed by atoms with E-state index in [9.17, 15) is 9.59 Å². The Hall–Kier alpha value is -2.27. The van der Waals surface area contributed by atoms with Gasteiger partial charge >= 0.3 is 5.69 Å². The summed E-state index contributed by atoms with van der Waals surface area (Å²) in [7, 11) is 0. The first-order valence-electron chi connectivity index (χ1n) is 9.92. The number of unbranched alkanes of at least 4 members (excludes halogenated alkanes) is 2. The molecule has 0 aliphatic carbocycles. The maximum atomic E-state index is 13.1. The van der Waals surface area contributed by atoms with Crippen LogP contribution in [0.5, 0.6) is 0 Å². The van der Waals surface area contributed by atoms with Crippen molar-refractivity contribution in [1.82, 2.24) is 9.13 Å². The highest BCUT2D eigenvalue weighted by Gasteiger charge is 2.18. The minimum atomic E-state index is -0.300. The predicted octanol–water partition coefficient (Wildman–Crippen LogP) is 5.29. The zero-order valence-electron chi connectivity index (χ0n) is 17.0. The van der Waals surface area contributed by atoms with Crippen LogP contribution in [0, 0.1) is 13.8 Å². The number of halogens is 1. The molecule has 0 unspecified atom stereocenters. The molecule has 0 amide bonds. The van der Waals surface area contributed by atoms with Gasteiger partial charge in [-0.3, -0.25) is 13.9 Å². The molecule has 5 nitrogen and oxygen atoms in total. The zero-order chi connectivity index (χ0) is 20.4. The van der Waals surface area contributed by atoms with Crippen molar-refractivity contribution in [2.75, 3.05) is 0 Å². The van der Waals surface area contributed by atoms with Crippen LogP contribution >= 0.6 is 11.6 Å². The molecule has 1 aromatic carbocycles. The van der Waals surface area contributed by atoms with Crippen LogP contribution in [0.15, 0.2) is 32.3 Å². The number of hydrogen-bond donors (Lipinski definition) is 0. The van der Waals surface area contributed by atoms with Crippen LogP contribution in [-0.4, -0.2) is 9.13 Å². The second-order valence-electron chi connectivity index (χ2n) is 7.34. The van der Waals surface area contributed by atoms with Crippen molar-refractivity contribution in [3.63, 3.8) is 0 Å². The lowest BCUT2D eigenvalue weighted by atomic mass is 10.1. The minimum Gasteiger partial charge on any atom is -0.456 e. The van der Waals surface area contributed by atoms with Crippen molar-refractivity contribution in [3.8, 4) is 11.3 Å². The van der Waals surface area contributed by atoms with Gasteiger partial charge in [0.15, 0.2) is 0 Å². The summed E-state index contributed by atoms with van der Waals surface area (Å²) in [6, 6.07) is 3.74. The summed E-state index contributed by atoms with van der Waals surface area (Å²) in [4.78, 5) is 25.9. The Bertz CT molecular complexity index is 1120. The summed E-state index contributed by atoms with van der Waals surface area (Å²) in [5.74, 6) is 0.472. The number of furan rings is 1. The first-order valence-corrected chi connectivity index (χ1v) is 10.3. The van der Waals surface area contributed by atoms with E-state index in [1.165, 1.54) is 4.57 Å². The van der Waals surface area contributed by atoms with Crippen LogP contribution < -0.4 is 11.2 Å². The molecule has 0 bridgehead atoms. The molecule has 0 aliphatic heterocycles. The monoisotopic (exact) mass is 402 g/mol. The second kappa shape index (κ2) is 8.39. The van der Waals surface area contributed by atoms with Gasteiger partial charge in [0.1, 0.15) is 11.3 Å². The Morgan fingerprint density at radius 3 is 2.39 bits per heavy atom. The fourth-order valence-electron chi connectivity index (χ4n) is 3.44. The first-order chi connectivity index (χ1) is 13.4. The Morgan fingerprint density at radius 2 is 1.71 bits per heavy atom. The molecule has 150 valence electrons. The number of hydrogen-bond acceptors (Lipinski definition) is 3. The number of aromatic nitrogens is 2. The molecule has 6 heteroatoms. The first kappa shape index (κ1) is 20.5. The maximum absolute atomic E-state index is 13.1. The summed E-state index contributed by atoms with van der Waals surface area (Å²) in [6.07, 6.45) is 5.17. The molecule has 0 fully saturated rings. The highest BCUT2D eigenvalue weighted by atomic mass is 35.5. The average molecular weight is 403 g/mol. The SMILES string of the molecule is CCCCn1cc(-c2cc3c(C)c(Cl)c(C)cc3o2)c(=O)n(CCCC)c1=O. The number of nitrogens with zero attached hydrogens (tertiary/aromatic N) is 2. The van der Waals surface area contributed by atoms with E-state index in [0.29, 0.717) is 35.0 Å². The maximum Gasteiger partial charge on any atom is 0.330 e. The molecule has 0 atom stereocenters. The Labute approximate surface area is 169 Å². The van der Waals surface area contributed by atoms with Crippen LogP contribution in [0.1, 0.15) is 50.7 Å². The van der Waals surface area contributed by atoms with Crippen LogP contribution in [0.4, 0.5) is 0 Å². The summed E-state index contributed by atoms with van der Waals surface area (Å²) >= 11 is 6.38. The van der Waals surface area contributed by atoms with Gasteiger partial charge in [0, 0.05) is 29.7 Å². The molecule has 2 heterocycles. The molecule has 0 saturated carbocycles. The molecule has 0 N–H and O–H groups in total. The fraction of sp³-hybridized carbons (Fsp3) is 0.455. The predicted molar refractivity (Wildman–Crippen MR) is 114 cm³/mol. The van der Waals surface area contributed by atoms with E-state index in [1.54, 1.807) is 10.8 Å². The molecule has 0 aliphatic rings. The van der Waals surface area contributed by atoms with Gasteiger partial charge in [0.25, 0.3) is 5.56 Å². The highest BCUT2D eigenvalue weighted by molar-refractivity contribution is 6.33. The number of rotatable bonds is 7. The molecule has 3 aromatic rings. The summed E-state index contributed by atoms with van der Waals surface area (Å²) < 4.78 is 9.00. The number of fused-ring (bicyclic) bond motifs is 1. The smallest absolute Gasteiger partial charge is 0.330 e. The molecular weight excluding hydrogens is 376 g/mol. The van der Waals surface area contributed by atoms with Crippen molar-refractivity contribution in [1.29, 1.82) is 0 Å². The van der Waals surface area contributed by atoms with Crippen molar-refractivity contribution in [2.45, 2.75) is 66.5 Å². The van der Waals surface area contributed by atoms with Gasteiger partial charge in [-0.1, -0.05) is 38.3 Å². The van der Waals surface area contributed by atoms with Gasteiger partial charge in [-0.25, -0.2) is 4.79 Å². The molecule has 2 aromatic heterocycles. The van der Waals surface area contributed by atoms with Crippen LogP contribution in [0.3, 0.4) is 0 Å². The van der Waals surface area contributed by atoms with Crippen molar-refractivity contribution in [2.24, 2.45) is 0 Å². The van der Waals surface area contributed by atoms with Gasteiger partial charge in [-0.05, 0) is 49.9 Å². The average Bonchev–Trinajstić information content (AvgIpc) is 3.09. The Balaban J connectivity index is 2.23. The van der Waals surface area contributed by atoms with Crippen LogP contribution in [-0.2, 0) is 13.1 Å². The van der Waals surface area contributed by atoms with E-state index in [-0.39, 0.29) is 11.2 Å². The molecule has 0 saturated heterocycles. The van der Waals surface area contributed by atoms with E-state index in [2.05, 4.69) is 6.92 Å². The second-order valence-corrected chi connectivity index (χ2v) is 7.72. The Kier molecular flexibility index (Phi) is 6.14. The topological polar surface area (TPSA) is 57.1 Å². The van der Waals surface area contributed by atoms with E-state index < -0.39 is 0 Å². The Morgan fingerprint density at radius 1 is 1.04 bits per heavy atom. The third kappa shape index (κ3) is 3.68. The summed E-state index contributed by atoms with van der Waals surface area (Å²) in [5.41, 5.74) is 2.42.